The van der Waals surface area contributed by atoms with Gasteiger partial charge < -0.3 is 15.0 Å². The molecular formula is C17H26N4O2. The summed E-state index contributed by atoms with van der Waals surface area (Å²) in [5.41, 5.74) is 1.23. The van der Waals surface area contributed by atoms with Crippen molar-refractivity contribution in [2.45, 2.75) is 25.4 Å². The lowest BCUT2D eigenvalue weighted by molar-refractivity contribution is -0.132. The molecule has 0 unspecified atom stereocenters. The molecule has 0 aromatic carbocycles. The average molecular weight is 318 g/mol. The van der Waals surface area contributed by atoms with Crippen molar-refractivity contribution in [3.63, 3.8) is 0 Å². The van der Waals surface area contributed by atoms with Gasteiger partial charge in [0.1, 0.15) is 0 Å². The van der Waals surface area contributed by atoms with E-state index >= 15 is 0 Å². The zero-order valence-corrected chi connectivity index (χ0v) is 13.6. The Morgan fingerprint density at radius 2 is 2.30 bits per heavy atom. The number of nitrogens with one attached hydrogen (secondary N) is 1. The SMILES string of the molecule is O=C(C[C@H]1COCCN1)N1CCCN(Cc2cccnc2)CC1. The van der Waals surface area contributed by atoms with Gasteiger partial charge in [0.2, 0.25) is 5.91 Å². The number of ether oxygens (including phenoxy) is 1. The predicted molar refractivity (Wildman–Crippen MR) is 87.9 cm³/mol. The summed E-state index contributed by atoms with van der Waals surface area (Å²) in [7, 11) is 0. The molecule has 1 atom stereocenters. The number of hydrogen-bond donors (Lipinski definition) is 1. The van der Waals surface area contributed by atoms with Crippen LogP contribution >= 0.6 is 0 Å². The molecular weight excluding hydrogens is 292 g/mol. The van der Waals surface area contributed by atoms with Gasteiger partial charge in [-0.05, 0) is 18.1 Å². The first-order chi connectivity index (χ1) is 11.3. The van der Waals surface area contributed by atoms with Gasteiger partial charge in [-0.1, -0.05) is 6.07 Å². The van der Waals surface area contributed by atoms with E-state index in [0.717, 1.165) is 52.3 Å². The zero-order chi connectivity index (χ0) is 15.9. The summed E-state index contributed by atoms with van der Waals surface area (Å²) in [5, 5.41) is 3.36. The van der Waals surface area contributed by atoms with Crippen LogP contribution in [-0.2, 0) is 16.1 Å². The second-order valence-corrected chi connectivity index (χ2v) is 6.30. The van der Waals surface area contributed by atoms with Crippen molar-refractivity contribution in [2.75, 3.05) is 45.9 Å². The molecule has 0 spiro atoms. The lowest BCUT2D eigenvalue weighted by atomic mass is 10.1. The van der Waals surface area contributed by atoms with Gasteiger partial charge in [-0.3, -0.25) is 14.7 Å². The summed E-state index contributed by atoms with van der Waals surface area (Å²) in [4.78, 5) is 21.1. The van der Waals surface area contributed by atoms with Crippen molar-refractivity contribution >= 4 is 5.91 Å². The van der Waals surface area contributed by atoms with Gasteiger partial charge in [0.05, 0.1) is 13.2 Å². The Morgan fingerprint density at radius 3 is 3.09 bits per heavy atom. The molecule has 2 fully saturated rings. The molecule has 1 amide bonds. The first-order valence-electron chi connectivity index (χ1n) is 8.51. The molecule has 1 aromatic rings. The Labute approximate surface area is 137 Å². The third kappa shape index (κ3) is 4.99. The van der Waals surface area contributed by atoms with Crippen molar-refractivity contribution < 1.29 is 9.53 Å². The van der Waals surface area contributed by atoms with Crippen LogP contribution in [0.3, 0.4) is 0 Å². The Bertz CT molecular complexity index is 491. The molecule has 0 bridgehead atoms. The van der Waals surface area contributed by atoms with E-state index in [1.807, 2.05) is 17.2 Å². The topological polar surface area (TPSA) is 57.7 Å². The van der Waals surface area contributed by atoms with Crippen LogP contribution in [0.2, 0.25) is 0 Å². The Morgan fingerprint density at radius 1 is 1.35 bits per heavy atom. The number of aromatic nitrogens is 1. The second-order valence-electron chi connectivity index (χ2n) is 6.30. The van der Waals surface area contributed by atoms with Gasteiger partial charge in [0, 0.05) is 64.1 Å². The number of carbonyl (C=O) groups is 1. The lowest BCUT2D eigenvalue weighted by Crippen LogP contribution is -2.45. The Kier molecular flexibility index (Phi) is 5.96. The highest BCUT2D eigenvalue weighted by atomic mass is 16.5. The fourth-order valence-electron chi connectivity index (χ4n) is 3.22. The fourth-order valence-corrected chi connectivity index (χ4v) is 3.22. The van der Waals surface area contributed by atoms with Crippen LogP contribution in [0.25, 0.3) is 0 Å². The molecule has 23 heavy (non-hydrogen) atoms. The van der Waals surface area contributed by atoms with E-state index in [1.165, 1.54) is 5.56 Å². The van der Waals surface area contributed by atoms with Gasteiger partial charge in [-0.2, -0.15) is 0 Å². The molecule has 6 heteroatoms. The van der Waals surface area contributed by atoms with Crippen LogP contribution in [0.1, 0.15) is 18.4 Å². The van der Waals surface area contributed by atoms with Crippen LogP contribution in [0.4, 0.5) is 0 Å². The van der Waals surface area contributed by atoms with Crippen molar-refractivity contribution in [3.05, 3.63) is 30.1 Å². The number of pyridine rings is 1. The number of rotatable bonds is 4. The van der Waals surface area contributed by atoms with Gasteiger partial charge >= 0.3 is 0 Å². The minimum absolute atomic E-state index is 0.172. The van der Waals surface area contributed by atoms with Gasteiger partial charge in [-0.15, -0.1) is 0 Å². The molecule has 126 valence electrons. The molecule has 2 aliphatic heterocycles. The lowest BCUT2D eigenvalue weighted by Gasteiger charge is -2.27. The quantitative estimate of drug-likeness (QED) is 0.876. The number of nitrogens with zero attached hydrogens (tertiary/aromatic N) is 3. The highest BCUT2D eigenvalue weighted by molar-refractivity contribution is 5.76. The maximum Gasteiger partial charge on any atom is 0.224 e. The van der Waals surface area contributed by atoms with E-state index in [2.05, 4.69) is 21.3 Å². The van der Waals surface area contributed by atoms with E-state index in [1.54, 1.807) is 6.20 Å². The van der Waals surface area contributed by atoms with Crippen molar-refractivity contribution in [1.82, 2.24) is 20.1 Å². The third-order valence-electron chi connectivity index (χ3n) is 4.49. The molecule has 1 aromatic heterocycles. The summed E-state index contributed by atoms with van der Waals surface area (Å²) in [6.45, 7) is 6.77. The molecule has 2 aliphatic rings. The van der Waals surface area contributed by atoms with Crippen LogP contribution in [-0.4, -0.2) is 72.7 Å². The van der Waals surface area contributed by atoms with E-state index in [0.29, 0.717) is 13.0 Å². The van der Waals surface area contributed by atoms with Crippen molar-refractivity contribution in [2.24, 2.45) is 0 Å². The molecule has 3 heterocycles. The Hall–Kier alpha value is -1.50. The van der Waals surface area contributed by atoms with Crippen LogP contribution in [0.5, 0.6) is 0 Å². The second kappa shape index (κ2) is 8.38. The van der Waals surface area contributed by atoms with Crippen LogP contribution in [0, 0.1) is 0 Å². The van der Waals surface area contributed by atoms with E-state index in [9.17, 15) is 4.79 Å². The maximum atomic E-state index is 12.5. The molecule has 2 saturated heterocycles. The molecule has 6 nitrogen and oxygen atoms in total. The number of hydrogen-bond acceptors (Lipinski definition) is 5. The summed E-state index contributed by atoms with van der Waals surface area (Å²) in [5.74, 6) is 0.247. The summed E-state index contributed by atoms with van der Waals surface area (Å²) < 4.78 is 5.43. The summed E-state index contributed by atoms with van der Waals surface area (Å²) >= 11 is 0. The molecule has 1 N–H and O–H groups in total. The highest BCUT2D eigenvalue weighted by Crippen LogP contribution is 2.10. The predicted octanol–water partition coefficient (Wildman–Crippen LogP) is 0.494. The summed E-state index contributed by atoms with van der Waals surface area (Å²) in [6.07, 6.45) is 5.29. The van der Waals surface area contributed by atoms with E-state index in [4.69, 9.17) is 4.74 Å². The van der Waals surface area contributed by atoms with Gasteiger partial charge in [-0.25, -0.2) is 0 Å². The minimum atomic E-state index is 0.172. The number of carbonyl (C=O) groups excluding carboxylic acids is 1. The standard InChI is InChI=1S/C17H26N4O2/c22-17(11-16-14-23-10-5-19-16)21-7-2-6-20(8-9-21)13-15-3-1-4-18-12-15/h1,3-4,12,16,19H,2,5-11,13-14H2/t16-/m0/s1. The monoisotopic (exact) mass is 318 g/mol. The first-order valence-corrected chi connectivity index (χ1v) is 8.51. The fraction of sp³-hybridized carbons (Fsp3) is 0.647. The van der Waals surface area contributed by atoms with Crippen molar-refractivity contribution in [1.29, 1.82) is 0 Å². The van der Waals surface area contributed by atoms with Crippen LogP contribution < -0.4 is 5.32 Å². The molecule has 0 aliphatic carbocycles. The molecule has 0 saturated carbocycles. The molecule has 3 rings (SSSR count). The minimum Gasteiger partial charge on any atom is -0.378 e. The van der Waals surface area contributed by atoms with Gasteiger partial charge in [0.25, 0.3) is 0 Å². The third-order valence-corrected chi connectivity index (χ3v) is 4.49. The van der Waals surface area contributed by atoms with Crippen molar-refractivity contribution in [3.8, 4) is 0 Å². The summed E-state index contributed by atoms with van der Waals surface area (Å²) in [6, 6.07) is 4.25. The van der Waals surface area contributed by atoms with Crippen LogP contribution in [0.15, 0.2) is 24.5 Å². The smallest absolute Gasteiger partial charge is 0.224 e. The average Bonchev–Trinajstić information content (AvgIpc) is 2.82. The Balaban J connectivity index is 1.46. The normalized spacial score (nSPS) is 23.5. The highest BCUT2D eigenvalue weighted by Gasteiger charge is 2.23. The number of morpholine rings is 1. The molecule has 0 radical (unpaired) electrons. The first kappa shape index (κ1) is 16.4. The number of amides is 1. The maximum absolute atomic E-state index is 12.5. The zero-order valence-electron chi connectivity index (χ0n) is 13.6. The van der Waals surface area contributed by atoms with E-state index in [-0.39, 0.29) is 11.9 Å². The van der Waals surface area contributed by atoms with Gasteiger partial charge in [0.15, 0.2) is 0 Å². The largest absolute Gasteiger partial charge is 0.378 e. The van der Waals surface area contributed by atoms with E-state index < -0.39 is 0 Å².